The summed E-state index contributed by atoms with van der Waals surface area (Å²) >= 11 is 98.2. The number of hydrogen-bond acceptors (Lipinski definition) is 16. The average Bonchev–Trinajstić information content (AvgIpc) is 1.34. The maximum atomic E-state index is 13.3. The molecule has 8 amide bonds. The number of imide groups is 4. The molecule has 0 saturated heterocycles. The maximum absolute atomic E-state index is 13.3. The van der Waals surface area contributed by atoms with Crippen LogP contribution in [0.3, 0.4) is 0 Å². The van der Waals surface area contributed by atoms with E-state index in [9.17, 15) is 78.0 Å². The third-order valence-corrected chi connectivity index (χ3v) is 36.3. The Morgan fingerprint density at radius 3 is 0.390 bits per heavy atom. The van der Waals surface area contributed by atoms with E-state index in [2.05, 4.69) is 0 Å². The number of benzene rings is 4. The van der Waals surface area contributed by atoms with E-state index in [1.54, 1.807) is 0 Å². The predicted octanol–water partition coefficient (Wildman–Crippen LogP) is 16.9. The Balaban J connectivity index is 0.000000122. The Kier molecular flexibility index (Phi) is 24.6. The van der Waals surface area contributed by atoms with E-state index in [1.807, 2.05) is 0 Å². The molecule has 4 unspecified atom stereocenters. The van der Waals surface area contributed by atoms with Gasteiger partial charge in [0, 0.05) is 0 Å². The van der Waals surface area contributed by atoms with Gasteiger partial charge in [0.2, 0.25) is 0 Å². The van der Waals surface area contributed by atoms with E-state index < -0.39 is 117 Å². The van der Waals surface area contributed by atoms with Gasteiger partial charge < -0.3 is 39.6 Å². The number of amides is 8. The van der Waals surface area contributed by atoms with Gasteiger partial charge in [0.15, 0.2) is 0 Å². The number of halogens is 16. The van der Waals surface area contributed by atoms with Gasteiger partial charge in [-0.3, -0.25) is 58.0 Å². The maximum Gasteiger partial charge on any atom is 2.00 e. The van der Waals surface area contributed by atoms with Gasteiger partial charge >= 0.3 is 39.0 Å². The molecule has 4 aromatic carbocycles. The van der Waals surface area contributed by atoms with Gasteiger partial charge in [0.05, 0.1) is 173 Å². The minimum atomic E-state index is -1.43. The largest absolute Gasteiger partial charge is 2.00 e. The molecule has 4 aliphatic heterocycles. The molecule has 20 nitrogen and oxygen atoms in total. The van der Waals surface area contributed by atoms with Gasteiger partial charge in [-0.05, 0) is 247 Å². The quantitative estimate of drug-likeness (QED) is 0.0551. The monoisotopic (exact) mass is 2100 g/mol. The molecule has 16 bridgehead atoms. The van der Waals surface area contributed by atoms with E-state index in [0.29, 0.717) is 148 Å². The van der Waals surface area contributed by atoms with Crippen LogP contribution in [0.5, 0.6) is 0 Å². The fourth-order valence-corrected chi connectivity index (χ4v) is 31.0. The zero-order chi connectivity index (χ0) is 83.3. The summed E-state index contributed by atoms with van der Waals surface area (Å²) in [6.45, 7) is 0. The van der Waals surface area contributed by atoms with Crippen molar-refractivity contribution in [3.05, 3.63) is 125 Å². The number of fused-ring (bicyclic) bond motifs is 4. The van der Waals surface area contributed by atoms with Crippen LogP contribution in [0.4, 0.5) is 0 Å². The molecule has 38 heteroatoms. The van der Waals surface area contributed by atoms with Crippen molar-refractivity contribution >= 4 is 257 Å². The number of carboxylic acid groups (broad SMARTS) is 4. The molecule has 16 aliphatic carbocycles. The molecule has 630 valence electrons. The van der Waals surface area contributed by atoms with Crippen LogP contribution >= 0.6 is 186 Å². The van der Waals surface area contributed by atoms with Gasteiger partial charge in [-0.1, -0.05) is 186 Å². The van der Waals surface area contributed by atoms with E-state index in [4.69, 9.17) is 186 Å². The van der Waals surface area contributed by atoms with Crippen LogP contribution in [0, 0.1) is 92.7 Å². The molecule has 118 heavy (non-hydrogen) atoms. The SMILES string of the molecule is O=C([O-])C(N1C(=O)c2c(Cl)c(Cl)c(Cl)c(Cl)c2C1=O)C12CC3CC(CC(C3)C1)C2.O=C([O-])C(N1C(=O)c2c(Cl)c(Cl)c(Cl)c(Cl)c2C1=O)C12CC3CC(CC(C3)C1)C2.O=C([O-])C(N1C(=O)c2c(Cl)c(Cl)c(Cl)c(Cl)c2C1=O)C12CC3CC(CC(C3)C1)C2.O=C([O-])C(N1C(=O)c2c(Cl)c(Cl)c(Cl)c(Cl)c2C1=O)C12CC3CC(CC(C3)C1)C2.[Rh+2].[Rh+2]. The van der Waals surface area contributed by atoms with Crippen LogP contribution in [0.15, 0.2) is 0 Å². The van der Waals surface area contributed by atoms with Gasteiger partial charge in [-0.15, -0.1) is 0 Å². The summed E-state index contributed by atoms with van der Waals surface area (Å²) in [5.41, 5.74) is -4.20. The molecular formula is C80H64Cl16N4O16Rh2. The third kappa shape index (κ3) is 13.8. The second kappa shape index (κ2) is 32.2. The van der Waals surface area contributed by atoms with Crippen molar-refractivity contribution in [2.45, 2.75) is 178 Å². The van der Waals surface area contributed by atoms with E-state index >= 15 is 0 Å². The van der Waals surface area contributed by atoms with Gasteiger partial charge in [0.25, 0.3) is 47.3 Å². The summed E-state index contributed by atoms with van der Waals surface area (Å²) < 4.78 is 0. The first-order valence-corrected chi connectivity index (χ1v) is 44.4. The molecular weight excluding hydrogens is 2050 g/mol. The topological polar surface area (TPSA) is 310 Å². The van der Waals surface area contributed by atoms with Crippen molar-refractivity contribution in [3.8, 4) is 0 Å². The van der Waals surface area contributed by atoms with E-state index in [-0.39, 0.29) is 164 Å². The molecule has 2 radical (unpaired) electrons. The summed E-state index contributed by atoms with van der Waals surface area (Å²) in [6.07, 6.45) is 21.1. The fourth-order valence-electron chi connectivity index (χ4n) is 27.0. The number of carbonyl (C=O) groups is 12. The molecule has 16 fully saturated rings. The standard InChI is InChI=1S/4C20H17Cl4NO4.2Rh/c4*21-12-10-11(13(22)15(24)14(12)23)18(27)25(17(10)26)16(19(28)29)20-4-7-1-8(5-20)3-9(2-7)6-20;;/h4*7-9,16H,1-6H2,(H,28,29);;/q;;;;2*+2/p-4. The van der Waals surface area contributed by atoms with Crippen LogP contribution in [0.2, 0.25) is 80.4 Å². The van der Waals surface area contributed by atoms with E-state index in [0.717, 1.165) is 96.6 Å². The minimum absolute atomic E-state index is 0. The molecule has 0 spiro atoms. The Hall–Kier alpha value is -2.79. The first-order chi connectivity index (χ1) is 54.6. The predicted molar refractivity (Wildman–Crippen MR) is 426 cm³/mol. The molecule has 0 aromatic heterocycles. The number of aliphatic carboxylic acids is 4. The number of carboxylic acids is 4. The smallest absolute Gasteiger partial charge is 0.548 e. The molecule has 16 saturated carbocycles. The Bertz CT molecular complexity index is 4280. The van der Waals surface area contributed by atoms with Crippen molar-refractivity contribution in [1.29, 1.82) is 0 Å². The summed E-state index contributed by atoms with van der Waals surface area (Å²) in [7, 11) is 0. The molecule has 4 atom stereocenters. The number of hydrogen-bond donors (Lipinski definition) is 0. The summed E-state index contributed by atoms with van der Waals surface area (Å²) in [6, 6.07) is -5.47. The first-order valence-electron chi connectivity index (χ1n) is 38.4. The molecule has 4 heterocycles. The van der Waals surface area contributed by atoms with Crippen LogP contribution in [0.1, 0.15) is 237 Å². The summed E-state index contributed by atoms with van der Waals surface area (Å²) in [5, 5.41) is 46.8. The van der Waals surface area contributed by atoms with Crippen molar-refractivity contribution in [2.24, 2.45) is 92.7 Å². The first kappa shape index (κ1) is 90.0. The zero-order valence-electron chi connectivity index (χ0n) is 61.2. The normalized spacial score (nSPS) is 32.8. The Morgan fingerprint density at radius 2 is 0.305 bits per heavy atom. The Morgan fingerprint density at radius 1 is 0.212 bits per heavy atom. The van der Waals surface area contributed by atoms with Crippen LogP contribution in [-0.4, -0.2) is 115 Å². The average molecular weight is 2110 g/mol. The second-order valence-corrected chi connectivity index (χ2v) is 42.0. The molecule has 0 N–H and O–H groups in total. The third-order valence-electron chi connectivity index (χ3n) is 29.1. The van der Waals surface area contributed by atoms with Crippen molar-refractivity contribution in [1.82, 2.24) is 19.6 Å². The molecule has 20 aliphatic rings. The summed E-state index contributed by atoms with van der Waals surface area (Å²) in [4.78, 5) is 159. The van der Waals surface area contributed by atoms with Gasteiger partial charge in [-0.25, -0.2) is 0 Å². The van der Waals surface area contributed by atoms with Crippen LogP contribution in [-0.2, 0) is 58.1 Å². The van der Waals surface area contributed by atoms with Gasteiger partial charge in [0.1, 0.15) is 0 Å². The second-order valence-electron chi connectivity index (χ2n) is 36.0. The van der Waals surface area contributed by atoms with Crippen molar-refractivity contribution in [2.75, 3.05) is 0 Å². The zero-order valence-corrected chi connectivity index (χ0v) is 76.6. The molecule has 24 rings (SSSR count). The molecule has 4 aromatic rings. The number of rotatable bonds is 12. The summed E-state index contributed by atoms with van der Waals surface area (Å²) in [5.74, 6) is -7.04. The van der Waals surface area contributed by atoms with Crippen molar-refractivity contribution < 1.29 is 117 Å². The van der Waals surface area contributed by atoms with Crippen LogP contribution < -0.4 is 20.4 Å². The Labute approximate surface area is 781 Å². The van der Waals surface area contributed by atoms with E-state index in [1.165, 1.54) is 0 Å². The van der Waals surface area contributed by atoms with Crippen LogP contribution in [0.25, 0.3) is 0 Å². The fraction of sp³-hybridized carbons (Fsp3) is 0.550. The van der Waals surface area contributed by atoms with Crippen molar-refractivity contribution in [3.63, 3.8) is 0 Å². The van der Waals surface area contributed by atoms with Gasteiger partial charge in [-0.2, -0.15) is 0 Å². The number of nitrogens with zero attached hydrogens (tertiary/aromatic N) is 4. The minimum Gasteiger partial charge on any atom is -0.548 e. The number of carbonyl (C=O) groups excluding carboxylic acids is 12.